The summed E-state index contributed by atoms with van der Waals surface area (Å²) in [5.74, 6) is 1.07. The molecular weight excluding hydrogens is 270 g/mol. The number of ketones is 1. The van der Waals surface area contributed by atoms with Crippen LogP contribution in [0.4, 0.5) is 0 Å². The molecule has 20 heavy (non-hydrogen) atoms. The molecule has 0 amide bonds. The molecule has 1 aromatic rings. The van der Waals surface area contributed by atoms with Gasteiger partial charge in [-0.2, -0.15) is 0 Å². The smallest absolute Gasteiger partial charge is 0.157 e. The SMILES string of the molecule is CC1CCC(C(=O)Cc2cccc(Cl)c2)(N(C)C)CC1. The normalized spacial score (nSPS) is 26.8. The van der Waals surface area contributed by atoms with Gasteiger partial charge in [0.15, 0.2) is 5.78 Å². The van der Waals surface area contributed by atoms with E-state index in [1.54, 1.807) is 0 Å². The number of halogens is 1. The first-order chi connectivity index (χ1) is 9.44. The third-order valence-electron chi connectivity index (χ3n) is 4.73. The molecule has 2 nitrogen and oxygen atoms in total. The molecule has 2 rings (SSSR count). The lowest BCUT2D eigenvalue weighted by Gasteiger charge is -2.43. The van der Waals surface area contributed by atoms with Gasteiger partial charge in [-0.25, -0.2) is 0 Å². The van der Waals surface area contributed by atoms with E-state index in [0.29, 0.717) is 17.2 Å². The molecule has 3 heteroatoms. The number of benzene rings is 1. The molecule has 0 atom stereocenters. The van der Waals surface area contributed by atoms with Crippen molar-refractivity contribution >= 4 is 17.4 Å². The molecule has 1 aromatic carbocycles. The molecule has 0 bridgehead atoms. The largest absolute Gasteiger partial charge is 0.297 e. The van der Waals surface area contributed by atoms with E-state index < -0.39 is 0 Å². The first-order valence-corrected chi connectivity index (χ1v) is 7.77. The number of likely N-dealkylation sites (N-methyl/N-ethyl adjacent to an activating group) is 1. The van der Waals surface area contributed by atoms with E-state index in [-0.39, 0.29) is 5.54 Å². The zero-order valence-corrected chi connectivity index (χ0v) is 13.4. The van der Waals surface area contributed by atoms with Crippen molar-refractivity contribution in [1.82, 2.24) is 4.90 Å². The van der Waals surface area contributed by atoms with Crippen molar-refractivity contribution in [2.24, 2.45) is 5.92 Å². The van der Waals surface area contributed by atoms with Gasteiger partial charge in [0, 0.05) is 11.4 Å². The second-order valence-electron chi connectivity index (χ2n) is 6.34. The fourth-order valence-corrected chi connectivity index (χ4v) is 3.42. The van der Waals surface area contributed by atoms with Gasteiger partial charge in [0.1, 0.15) is 0 Å². The Kier molecular flexibility index (Phi) is 4.87. The van der Waals surface area contributed by atoms with Gasteiger partial charge in [-0.15, -0.1) is 0 Å². The monoisotopic (exact) mass is 293 g/mol. The van der Waals surface area contributed by atoms with E-state index >= 15 is 0 Å². The Labute approximate surface area is 127 Å². The van der Waals surface area contributed by atoms with E-state index in [1.165, 1.54) is 0 Å². The van der Waals surface area contributed by atoms with Crippen molar-refractivity contribution < 1.29 is 4.79 Å². The average molecular weight is 294 g/mol. The van der Waals surface area contributed by atoms with Crippen LogP contribution in [-0.2, 0) is 11.2 Å². The number of rotatable bonds is 4. The van der Waals surface area contributed by atoms with Crippen LogP contribution >= 0.6 is 11.6 Å². The van der Waals surface area contributed by atoms with Crippen molar-refractivity contribution in [2.45, 2.75) is 44.6 Å². The maximum atomic E-state index is 12.9. The number of hydrogen-bond donors (Lipinski definition) is 0. The molecule has 1 fully saturated rings. The van der Waals surface area contributed by atoms with Crippen molar-refractivity contribution in [3.8, 4) is 0 Å². The van der Waals surface area contributed by atoms with Gasteiger partial charge in [-0.05, 0) is 63.4 Å². The maximum Gasteiger partial charge on any atom is 0.157 e. The molecule has 0 aromatic heterocycles. The number of carbonyl (C=O) groups is 1. The van der Waals surface area contributed by atoms with Gasteiger partial charge in [-0.1, -0.05) is 30.7 Å². The minimum absolute atomic E-state index is 0.283. The highest BCUT2D eigenvalue weighted by atomic mass is 35.5. The van der Waals surface area contributed by atoms with Crippen LogP contribution in [0.2, 0.25) is 5.02 Å². The Morgan fingerprint density at radius 2 is 2.00 bits per heavy atom. The lowest BCUT2D eigenvalue weighted by molar-refractivity contribution is -0.131. The van der Waals surface area contributed by atoms with Crippen LogP contribution in [0, 0.1) is 5.92 Å². The van der Waals surface area contributed by atoms with E-state index in [2.05, 4.69) is 11.8 Å². The molecule has 1 aliphatic rings. The minimum Gasteiger partial charge on any atom is -0.297 e. The summed E-state index contributed by atoms with van der Waals surface area (Å²) in [6.07, 6.45) is 4.70. The summed E-state index contributed by atoms with van der Waals surface area (Å²) in [5.41, 5.74) is 0.733. The number of nitrogens with zero attached hydrogens (tertiary/aromatic N) is 1. The quantitative estimate of drug-likeness (QED) is 0.837. The van der Waals surface area contributed by atoms with Gasteiger partial charge in [0.25, 0.3) is 0 Å². The summed E-state index contributed by atoms with van der Waals surface area (Å²) in [7, 11) is 4.07. The highest BCUT2D eigenvalue weighted by Gasteiger charge is 2.42. The summed E-state index contributed by atoms with van der Waals surface area (Å²) >= 11 is 6.01. The molecule has 0 heterocycles. The van der Waals surface area contributed by atoms with Crippen LogP contribution < -0.4 is 0 Å². The van der Waals surface area contributed by atoms with E-state index in [4.69, 9.17) is 11.6 Å². The fourth-order valence-electron chi connectivity index (χ4n) is 3.21. The van der Waals surface area contributed by atoms with Gasteiger partial charge in [-0.3, -0.25) is 9.69 Å². The zero-order chi connectivity index (χ0) is 14.8. The van der Waals surface area contributed by atoms with E-state index in [9.17, 15) is 4.79 Å². The molecule has 0 spiro atoms. The summed E-state index contributed by atoms with van der Waals surface area (Å²) in [5, 5.41) is 0.700. The third-order valence-corrected chi connectivity index (χ3v) is 4.97. The molecular formula is C17H24ClNO. The fraction of sp³-hybridized carbons (Fsp3) is 0.588. The van der Waals surface area contributed by atoms with Crippen molar-refractivity contribution in [2.75, 3.05) is 14.1 Å². The second kappa shape index (κ2) is 6.28. The third kappa shape index (κ3) is 3.24. The summed E-state index contributed by atoms with van der Waals surface area (Å²) in [4.78, 5) is 15.0. The number of hydrogen-bond acceptors (Lipinski definition) is 2. The molecule has 0 radical (unpaired) electrons. The van der Waals surface area contributed by atoms with Gasteiger partial charge < -0.3 is 0 Å². The lowest BCUT2D eigenvalue weighted by Crippen LogP contribution is -2.53. The van der Waals surface area contributed by atoms with Crippen LogP contribution in [0.15, 0.2) is 24.3 Å². The van der Waals surface area contributed by atoms with Crippen molar-refractivity contribution in [1.29, 1.82) is 0 Å². The minimum atomic E-state index is -0.283. The van der Waals surface area contributed by atoms with Crippen molar-refractivity contribution in [3.63, 3.8) is 0 Å². The van der Waals surface area contributed by atoms with Crippen LogP contribution in [0.5, 0.6) is 0 Å². The predicted molar refractivity (Wildman–Crippen MR) is 84.2 cm³/mol. The van der Waals surface area contributed by atoms with Gasteiger partial charge in [0.05, 0.1) is 5.54 Å². The molecule has 1 aliphatic carbocycles. The highest BCUT2D eigenvalue weighted by Crippen LogP contribution is 2.36. The Morgan fingerprint density at radius 3 is 2.55 bits per heavy atom. The molecule has 0 saturated heterocycles. The van der Waals surface area contributed by atoms with Gasteiger partial charge in [0.2, 0.25) is 0 Å². The number of carbonyl (C=O) groups excluding carboxylic acids is 1. The average Bonchev–Trinajstić information content (AvgIpc) is 2.39. The summed E-state index contributed by atoms with van der Waals surface area (Å²) in [6, 6.07) is 7.64. The first kappa shape index (κ1) is 15.5. The van der Waals surface area contributed by atoms with Gasteiger partial charge >= 0.3 is 0 Å². The molecule has 110 valence electrons. The highest BCUT2D eigenvalue weighted by molar-refractivity contribution is 6.30. The molecule has 0 aliphatic heterocycles. The Morgan fingerprint density at radius 1 is 1.35 bits per heavy atom. The summed E-state index contributed by atoms with van der Waals surface area (Å²) in [6.45, 7) is 2.28. The zero-order valence-electron chi connectivity index (χ0n) is 12.7. The van der Waals surface area contributed by atoms with Crippen LogP contribution in [0.25, 0.3) is 0 Å². The lowest BCUT2D eigenvalue weighted by atomic mass is 9.72. The molecule has 1 saturated carbocycles. The summed E-state index contributed by atoms with van der Waals surface area (Å²) < 4.78 is 0. The van der Waals surface area contributed by atoms with Crippen LogP contribution in [-0.4, -0.2) is 30.3 Å². The van der Waals surface area contributed by atoms with E-state index in [0.717, 1.165) is 37.2 Å². The van der Waals surface area contributed by atoms with Crippen LogP contribution in [0.3, 0.4) is 0 Å². The second-order valence-corrected chi connectivity index (χ2v) is 6.77. The standard InChI is InChI=1S/C17H24ClNO/c1-13-7-9-17(10-8-13,19(2)3)16(20)12-14-5-4-6-15(18)11-14/h4-6,11,13H,7-10,12H2,1-3H3. The first-order valence-electron chi connectivity index (χ1n) is 7.39. The Balaban J connectivity index is 2.16. The van der Waals surface area contributed by atoms with Crippen LogP contribution in [0.1, 0.15) is 38.2 Å². The van der Waals surface area contributed by atoms with Crippen molar-refractivity contribution in [3.05, 3.63) is 34.9 Å². The molecule has 0 unspecified atom stereocenters. The Bertz CT molecular complexity index is 476. The maximum absolute atomic E-state index is 12.9. The molecule has 0 N–H and O–H groups in total. The Hall–Kier alpha value is -0.860. The predicted octanol–water partition coefficient (Wildman–Crippen LogP) is 3.96. The number of Topliss-reactive ketones (excluding diaryl/α,β-unsaturated/α-hetero) is 1. The topological polar surface area (TPSA) is 20.3 Å². The van der Waals surface area contributed by atoms with E-state index in [1.807, 2.05) is 38.4 Å².